The molecule has 8 aromatic carbocycles. The summed E-state index contributed by atoms with van der Waals surface area (Å²) < 4.78 is 2.63. The molecule has 0 saturated carbocycles. The van der Waals surface area contributed by atoms with Crippen LogP contribution in [0.15, 0.2) is 152 Å². The fourth-order valence-corrected chi connectivity index (χ4v) is 10.4. The number of hydrogen-bond acceptors (Lipinski definition) is 3. The lowest BCUT2D eigenvalue weighted by molar-refractivity contribution is 0.660. The fourth-order valence-electron chi connectivity index (χ4n) is 9.00. The van der Waals surface area contributed by atoms with Gasteiger partial charge in [-0.15, -0.1) is 11.3 Å². The molecule has 0 atom stereocenters. The highest BCUT2D eigenvalue weighted by molar-refractivity contribution is 7.26. The zero-order valence-electron chi connectivity index (χ0n) is 29.7. The van der Waals surface area contributed by atoms with E-state index >= 15 is 0 Å². The highest BCUT2D eigenvalue weighted by Crippen LogP contribution is 2.51. The fraction of sp³-hybridized carbons (Fsp3) is 0.0800. The molecule has 1 aliphatic carbocycles. The molecular formula is C50H34N2S. The summed E-state index contributed by atoms with van der Waals surface area (Å²) in [6.45, 7) is 6.81. The van der Waals surface area contributed by atoms with E-state index in [0.29, 0.717) is 0 Å². The molecule has 250 valence electrons. The molecule has 0 saturated heterocycles. The molecule has 10 aromatic rings. The van der Waals surface area contributed by atoms with Crippen LogP contribution < -0.4 is 0 Å². The lowest BCUT2D eigenvalue weighted by Crippen LogP contribution is -2.14. The van der Waals surface area contributed by atoms with E-state index < -0.39 is 0 Å². The van der Waals surface area contributed by atoms with Gasteiger partial charge in [0.05, 0.1) is 22.4 Å². The first-order chi connectivity index (χ1) is 26.0. The van der Waals surface area contributed by atoms with Gasteiger partial charge in [0.1, 0.15) is 0 Å². The Hall–Kier alpha value is -6.16. The van der Waals surface area contributed by atoms with Crippen LogP contribution >= 0.6 is 11.3 Å². The van der Waals surface area contributed by atoms with Gasteiger partial charge in [-0.05, 0) is 74.3 Å². The van der Waals surface area contributed by atoms with E-state index in [1.54, 1.807) is 0 Å². The zero-order valence-corrected chi connectivity index (χ0v) is 30.6. The van der Waals surface area contributed by atoms with E-state index in [1.165, 1.54) is 75.5 Å². The molecule has 0 spiro atoms. The Morgan fingerprint density at radius 2 is 0.925 bits per heavy atom. The van der Waals surface area contributed by atoms with Crippen molar-refractivity contribution in [1.29, 1.82) is 0 Å². The number of nitrogens with zero attached hydrogens (tertiary/aromatic N) is 2. The van der Waals surface area contributed by atoms with Crippen LogP contribution in [-0.4, -0.2) is 9.97 Å². The number of benzene rings is 8. The first kappa shape index (κ1) is 30.5. The van der Waals surface area contributed by atoms with Crippen LogP contribution in [0.3, 0.4) is 0 Å². The maximum Gasteiger partial charge on any atom is 0.0979 e. The molecule has 0 N–H and O–H groups in total. The van der Waals surface area contributed by atoms with Crippen molar-refractivity contribution in [3.63, 3.8) is 0 Å². The van der Waals surface area contributed by atoms with Crippen LogP contribution in [0.25, 0.3) is 97.4 Å². The Balaban J connectivity index is 1.06. The average molecular weight is 695 g/mol. The molecular weight excluding hydrogens is 661 g/mol. The van der Waals surface area contributed by atoms with Crippen LogP contribution in [0.4, 0.5) is 0 Å². The highest BCUT2D eigenvalue weighted by Gasteiger charge is 2.35. The highest BCUT2D eigenvalue weighted by atomic mass is 32.1. The maximum absolute atomic E-state index is 5.39. The Kier molecular flexibility index (Phi) is 6.42. The Morgan fingerprint density at radius 3 is 1.62 bits per heavy atom. The summed E-state index contributed by atoms with van der Waals surface area (Å²) in [5.74, 6) is 0. The summed E-state index contributed by atoms with van der Waals surface area (Å²) in [5.41, 5.74) is 15.3. The van der Waals surface area contributed by atoms with Crippen molar-refractivity contribution in [2.45, 2.75) is 26.2 Å². The second kappa shape index (κ2) is 11.2. The summed E-state index contributed by atoms with van der Waals surface area (Å²) in [7, 11) is 0. The minimum atomic E-state index is -0.0388. The smallest absolute Gasteiger partial charge is 0.0979 e. The third-order valence-electron chi connectivity index (χ3n) is 11.6. The van der Waals surface area contributed by atoms with Crippen LogP contribution in [-0.2, 0) is 5.41 Å². The Labute approximate surface area is 312 Å². The first-order valence-corrected chi connectivity index (χ1v) is 19.1. The van der Waals surface area contributed by atoms with Gasteiger partial charge in [-0.1, -0.05) is 153 Å². The number of hydrogen-bond donors (Lipinski definition) is 0. The van der Waals surface area contributed by atoms with E-state index in [1.807, 2.05) is 11.3 Å². The van der Waals surface area contributed by atoms with Crippen molar-refractivity contribution in [1.82, 2.24) is 9.97 Å². The zero-order chi connectivity index (χ0) is 35.4. The normalized spacial score (nSPS) is 13.3. The second-order valence-electron chi connectivity index (χ2n) is 14.9. The van der Waals surface area contributed by atoms with Gasteiger partial charge in [-0.25, -0.2) is 9.97 Å². The van der Waals surface area contributed by atoms with E-state index in [-0.39, 0.29) is 5.41 Å². The van der Waals surface area contributed by atoms with E-state index in [4.69, 9.17) is 9.97 Å². The third kappa shape index (κ3) is 4.38. The molecule has 2 nitrogen and oxygen atoms in total. The largest absolute Gasteiger partial charge is 0.249 e. The Bertz CT molecular complexity index is 3170. The summed E-state index contributed by atoms with van der Waals surface area (Å²) in [4.78, 5) is 10.6. The van der Waals surface area contributed by atoms with Gasteiger partial charge in [0.15, 0.2) is 0 Å². The third-order valence-corrected chi connectivity index (χ3v) is 12.9. The van der Waals surface area contributed by atoms with Crippen LogP contribution in [0.1, 0.15) is 30.7 Å². The lowest BCUT2D eigenvalue weighted by Gasteiger charge is -2.22. The van der Waals surface area contributed by atoms with Gasteiger partial charge in [0.2, 0.25) is 0 Å². The molecule has 11 rings (SSSR count). The van der Waals surface area contributed by atoms with Crippen molar-refractivity contribution in [2.24, 2.45) is 0 Å². The summed E-state index contributed by atoms with van der Waals surface area (Å²) >= 11 is 1.91. The predicted octanol–water partition coefficient (Wildman–Crippen LogP) is 13.9. The topological polar surface area (TPSA) is 25.8 Å². The molecule has 0 unspecified atom stereocenters. The Morgan fingerprint density at radius 1 is 0.415 bits per heavy atom. The lowest BCUT2D eigenvalue weighted by atomic mass is 9.81. The summed E-state index contributed by atoms with van der Waals surface area (Å²) in [6.07, 6.45) is 0. The molecule has 3 heteroatoms. The molecule has 2 aromatic heterocycles. The maximum atomic E-state index is 5.39. The van der Waals surface area contributed by atoms with Crippen LogP contribution in [0, 0.1) is 6.92 Å². The summed E-state index contributed by atoms with van der Waals surface area (Å²) in [6, 6.07) is 55.5. The average Bonchev–Trinajstić information content (AvgIpc) is 3.70. The van der Waals surface area contributed by atoms with Gasteiger partial charge >= 0.3 is 0 Å². The standard InChI is InChI=1S/C50H34N2S/c1-29-45(52-47-40-19-7-5-16-36(40)35-15-4-6-18-39(35)46(47)51-29)32-14-10-13-30(27-32)33-20-11-22-41-42-23-12-21-34(49(42)53-48(33)41)31-25-26-38-37-17-8-9-24-43(37)50(2,3)44(38)28-31/h4-28H,1-3H3. The van der Waals surface area contributed by atoms with Crippen molar-refractivity contribution in [2.75, 3.05) is 0 Å². The second-order valence-corrected chi connectivity index (χ2v) is 15.9. The number of aryl methyl sites for hydroxylation is 1. The van der Waals surface area contributed by atoms with Gasteiger partial charge in [-0.2, -0.15) is 0 Å². The van der Waals surface area contributed by atoms with E-state index in [2.05, 4.69) is 172 Å². The molecule has 0 radical (unpaired) electrons. The van der Waals surface area contributed by atoms with Crippen molar-refractivity contribution >= 4 is 64.1 Å². The van der Waals surface area contributed by atoms with E-state index in [0.717, 1.165) is 38.8 Å². The minimum Gasteiger partial charge on any atom is -0.249 e. The molecule has 2 heterocycles. The van der Waals surface area contributed by atoms with Crippen LogP contribution in [0.5, 0.6) is 0 Å². The van der Waals surface area contributed by atoms with Crippen LogP contribution in [0.2, 0.25) is 0 Å². The van der Waals surface area contributed by atoms with Gasteiger partial charge in [0.25, 0.3) is 0 Å². The van der Waals surface area contributed by atoms with Crippen molar-refractivity contribution < 1.29 is 0 Å². The molecule has 53 heavy (non-hydrogen) atoms. The number of fused-ring (bicyclic) bond motifs is 12. The summed E-state index contributed by atoms with van der Waals surface area (Å²) in [5, 5.41) is 7.29. The SMILES string of the molecule is Cc1nc2c3ccccc3c3ccccc3c2nc1-c1cccc(-c2cccc3c2sc2c(-c4ccc5c(c4)C(C)(C)c4ccccc4-5)cccc23)c1. The number of thiophene rings is 1. The van der Waals surface area contributed by atoms with Gasteiger partial charge < -0.3 is 0 Å². The molecule has 0 amide bonds. The van der Waals surface area contributed by atoms with Crippen molar-refractivity contribution in [3.05, 3.63) is 168 Å². The van der Waals surface area contributed by atoms with Gasteiger partial charge in [0, 0.05) is 41.9 Å². The molecule has 0 aliphatic heterocycles. The minimum absolute atomic E-state index is 0.0388. The number of aromatic nitrogens is 2. The predicted molar refractivity (Wildman–Crippen MR) is 226 cm³/mol. The number of rotatable bonds is 3. The monoisotopic (exact) mass is 694 g/mol. The quantitative estimate of drug-likeness (QED) is 0.172. The molecule has 1 aliphatic rings. The molecule has 0 fully saturated rings. The molecule has 0 bridgehead atoms. The first-order valence-electron chi connectivity index (χ1n) is 18.3. The van der Waals surface area contributed by atoms with Crippen molar-refractivity contribution in [3.8, 4) is 44.6 Å². The van der Waals surface area contributed by atoms with E-state index in [9.17, 15) is 0 Å². The van der Waals surface area contributed by atoms with Gasteiger partial charge in [-0.3, -0.25) is 0 Å².